The van der Waals surface area contributed by atoms with Crippen molar-refractivity contribution in [2.45, 2.75) is 6.42 Å². The molecule has 0 amide bonds. The molecule has 0 saturated heterocycles. The molecule has 0 unspecified atom stereocenters. The Hall–Kier alpha value is -1.89. The lowest BCUT2D eigenvalue weighted by atomic mass is 10.1. The molecule has 19 heavy (non-hydrogen) atoms. The van der Waals surface area contributed by atoms with Gasteiger partial charge < -0.3 is 11.1 Å². The van der Waals surface area contributed by atoms with Crippen LogP contribution < -0.4 is 11.1 Å². The fraction of sp³-hybridized carbons (Fsp3) is 0.0714. The SMILES string of the molecule is N#CCc1cc(Nc2cc(Cl)ccc2Cl)ccc1N. The van der Waals surface area contributed by atoms with Crippen LogP contribution in [0.2, 0.25) is 10.0 Å². The van der Waals surface area contributed by atoms with E-state index in [2.05, 4.69) is 11.4 Å². The number of nitrogen functional groups attached to an aromatic ring is 1. The Balaban J connectivity index is 2.31. The van der Waals surface area contributed by atoms with Crippen LogP contribution in [0.5, 0.6) is 0 Å². The van der Waals surface area contributed by atoms with Gasteiger partial charge in [-0.25, -0.2) is 0 Å². The molecule has 0 heterocycles. The van der Waals surface area contributed by atoms with Crippen molar-refractivity contribution in [3.63, 3.8) is 0 Å². The number of rotatable bonds is 3. The van der Waals surface area contributed by atoms with Gasteiger partial charge in [0.25, 0.3) is 0 Å². The van der Waals surface area contributed by atoms with Gasteiger partial charge in [0.2, 0.25) is 0 Å². The van der Waals surface area contributed by atoms with E-state index in [0.717, 1.165) is 11.3 Å². The first kappa shape index (κ1) is 13.5. The lowest BCUT2D eigenvalue weighted by Gasteiger charge is -2.11. The van der Waals surface area contributed by atoms with Gasteiger partial charge in [0, 0.05) is 16.4 Å². The molecule has 2 rings (SSSR count). The maximum absolute atomic E-state index is 8.74. The molecule has 3 N–H and O–H groups in total. The number of halogens is 2. The third-order valence-electron chi connectivity index (χ3n) is 2.62. The molecular formula is C14H11Cl2N3. The molecule has 0 aliphatic carbocycles. The summed E-state index contributed by atoms with van der Waals surface area (Å²) in [6.45, 7) is 0. The van der Waals surface area contributed by atoms with Crippen molar-refractivity contribution >= 4 is 40.3 Å². The van der Waals surface area contributed by atoms with E-state index in [-0.39, 0.29) is 6.42 Å². The van der Waals surface area contributed by atoms with Crippen molar-refractivity contribution in [3.8, 4) is 6.07 Å². The number of benzene rings is 2. The van der Waals surface area contributed by atoms with Crippen LogP contribution in [0.3, 0.4) is 0 Å². The molecule has 0 radical (unpaired) electrons. The van der Waals surface area contributed by atoms with Gasteiger partial charge in [-0.3, -0.25) is 0 Å². The van der Waals surface area contributed by atoms with Crippen molar-refractivity contribution in [2.75, 3.05) is 11.1 Å². The lowest BCUT2D eigenvalue weighted by Crippen LogP contribution is -1.97. The van der Waals surface area contributed by atoms with E-state index in [4.69, 9.17) is 34.2 Å². The van der Waals surface area contributed by atoms with Crippen molar-refractivity contribution in [1.82, 2.24) is 0 Å². The van der Waals surface area contributed by atoms with E-state index in [1.54, 1.807) is 24.3 Å². The summed E-state index contributed by atoms with van der Waals surface area (Å²) in [7, 11) is 0. The summed E-state index contributed by atoms with van der Waals surface area (Å²) in [6, 6.07) is 12.7. The van der Waals surface area contributed by atoms with Crippen molar-refractivity contribution in [1.29, 1.82) is 5.26 Å². The number of anilines is 3. The van der Waals surface area contributed by atoms with Gasteiger partial charge in [0.1, 0.15) is 0 Å². The van der Waals surface area contributed by atoms with Crippen LogP contribution in [0.25, 0.3) is 0 Å². The van der Waals surface area contributed by atoms with Crippen molar-refractivity contribution < 1.29 is 0 Å². The first-order valence-electron chi connectivity index (χ1n) is 5.57. The molecule has 0 aromatic heterocycles. The Labute approximate surface area is 121 Å². The van der Waals surface area contributed by atoms with E-state index in [1.165, 1.54) is 0 Å². The first-order chi connectivity index (χ1) is 9.10. The average molecular weight is 292 g/mol. The zero-order valence-electron chi connectivity index (χ0n) is 9.95. The number of nitriles is 1. The highest BCUT2D eigenvalue weighted by atomic mass is 35.5. The van der Waals surface area contributed by atoms with Crippen molar-refractivity contribution in [2.24, 2.45) is 0 Å². The molecule has 0 fully saturated rings. The predicted molar refractivity (Wildman–Crippen MR) is 79.9 cm³/mol. The largest absolute Gasteiger partial charge is 0.398 e. The molecule has 0 aliphatic rings. The highest BCUT2D eigenvalue weighted by Crippen LogP contribution is 2.29. The lowest BCUT2D eigenvalue weighted by molar-refractivity contribution is 1.27. The number of hydrogen-bond donors (Lipinski definition) is 2. The average Bonchev–Trinajstić information content (AvgIpc) is 2.38. The van der Waals surface area contributed by atoms with Gasteiger partial charge in [-0.15, -0.1) is 0 Å². The van der Waals surface area contributed by atoms with Crippen LogP contribution in [0.4, 0.5) is 17.1 Å². The summed E-state index contributed by atoms with van der Waals surface area (Å²) in [5.41, 5.74) is 8.70. The third kappa shape index (κ3) is 3.31. The molecule has 0 atom stereocenters. The number of nitrogens with one attached hydrogen (secondary N) is 1. The smallest absolute Gasteiger partial charge is 0.0670 e. The minimum atomic E-state index is 0.268. The van der Waals surface area contributed by atoms with Crippen molar-refractivity contribution in [3.05, 3.63) is 52.0 Å². The molecule has 2 aromatic carbocycles. The van der Waals surface area contributed by atoms with Crippen LogP contribution in [0, 0.1) is 11.3 Å². The van der Waals surface area contributed by atoms with Crippen LogP contribution in [-0.4, -0.2) is 0 Å². The van der Waals surface area contributed by atoms with E-state index in [9.17, 15) is 0 Å². The zero-order valence-corrected chi connectivity index (χ0v) is 11.5. The molecule has 0 spiro atoms. The minimum Gasteiger partial charge on any atom is -0.398 e. The van der Waals surface area contributed by atoms with E-state index in [1.807, 2.05) is 12.1 Å². The first-order valence-corrected chi connectivity index (χ1v) is 6.33. The van der Waals surface area contributed by atoms with E-state index in [0.29, 0.717) is 21.4 Å². The number of nitrogens with zero attached hydrogens (tertiary/aromatic N) is 1. The molecule has 5 heteroatoms. The fourth-order valence-electron chi connectivity index (χ4n) is 1.67. The molecule has 2 aromatic rings. The van der Waals surface area contributed by atoms with Crippen LogP contribution >= 0.6 is 23.2 Å². The summed E-state index contributed by atoms with van der Waals surface area (Å²) < 4.78 is 0. The van der Waals surface area contributed by atoms with Crippen LogP contribution in [0.15, 0.2) is 36.4 Å². The summed E-state index contributed by atoms with van der Waals surface area (Å²) >= 11 is 12.0. The summed E-state index contributed by atoms with van der Waals surface area (Å²) in [6.07, 6.45) is 0.268. The number of hydrogen-bond acceptors (Lipinski definition) is 3. The Morgan fingerprint density at radius 1 is 1.16 bits per heavy atom. The minimum absolute atomic E-state index is 0.268. The van der Waals surface area contributed by atoms with Gasteiger partial charge in [-0.05, 0) is 42.0 Å². The Morgan fingerprint density at radius 2 is 1.95 bits per heavy atom. The summed E-state index contributed by atoms with van der Waals surface area (Å²) in [5.74, 6) is 0. The summed E-state index contributed by atoms with van der Waals surface area (Å²) in [4.78, 5) is 0. The third-order valence-corrected chi connectivity index (χ3v) is 3.18. The molecule has 0 saturated carbocycles. The molecule has 96 valence electrons. The topological polar surface area (TPSA) is 61.8 Å². The monoisotopic (exact) mass is 291 g/mol. The Kier molecular flexibility index (Phi) is 4.16. The van der Waals surface area contributed by atoms with Gasteiger partial charge in [-0.2, -0.15) is 5.26 Å². The highest BCUT2D eigenvalue weighted by molar-refractivity contribution is 6.35. The molecule has 0 aliphatic heterocycles. The maximum atomic E-state index is 8.74. The van der Waals surface area contributed by atoms with Gasteiger partial charge in [-0.1, -0.05) is 23.2 Å². The van der Waals surface area contributed by atoms with E-state index < -0.39 is 0 Å². The Bertz CT molecular complexity index is 648. The second-order valence-electron chi connectivity index (χ2n) is 4.00. The van der Waals surface area contributed by atoms with Crippen LogP contribution in [-0.2, 0) is 6.42 Å². The van der Waals surface area contributed by atoms with Gasteiger partial charge >= 0.3 is 0 Å². The normalized spacial score (nSPS) is 9.95. The fourth-order valence-corrected chi connectivity index (χ4v) is 2.01. The quantitative estimate of drug-likeness (QED) is 0.825. The summed E-state index contributed by atoms with van der Waals surface area (Å²) in [5, 5.41) is 13.1. The van der Waals surface area contributed by atoms with Crippen LogP contribution in [0.1, 0.15) is 5.56 Å². The zero-order chi connectivity index (χ0) is 13.8. The standard InChI is InChI=1S/C14H11Cl2N3/c15-10-1-3-12(16)14(8-10)19-11-2-4-13(18)9(7-11)5-6-17/h1-4,7-8,19H,5,18H2. The Morgan fingerprint density at radius 3 is 2.68 bits per heavy atom. The molecular weight excluding hydrogens is 281 g/mol. The highest BCUT2D eigenvalue weighted by Gasteiger charge is 2.04. The maximum Gasteiger partial charge on any atom is 0.0670 e. The van der Waals surface area contributed by atoms with Gasteiger partial charge in [0.05, 0.1) is 23.2 Å². The second kappa shape index (κ2) is 5.83. The second-order valence-corrected chi connectivity index (χ2v) is 4.84. The van der Waals surface area contributed by atoms with E-state index >= 15 is 0 Å². The predicted octanol–water partition coefficient (Wildman–Crippen LogP) is 4.39. The van der Waals surface area contributed by atoms with Gasteiger partial charge in [0.15, 0.2) is 0 Å². The molecule has 3 nitrogen and oxygen atoms in total. The number of nitrogens with two attached hydrogens (primary N) is 1. The molecule has 0 bridgehead atoms.